The van der Waals surface area contributed by atoms with Gasteiger partial charge in [-0.2, -0.15) is 5.26 Å². The molecule has 2 rings (SSSR count). The van der Waals surface area contributed by atoms with E-state index in [0.717, 1.165) is 0 Å². The highest BCUT2D eigenvalue weighted by molar-refractivity contribution is 5.89. The van der Waals surface area contributed by atoms with Crippen molar-refractivity contribution >= 4 is 11.7 Å². The average molecular weight is 349 g/mol. The van der Waals surface area contributed by atoms with Gasteiger partial charge in [0.1, 0.15) is 5.75 Å². The standard InChI is InChI=1S/C17H14F3N3O2/c1-11(13-4-8-15(9-5-13)25-17(18,19)20)22-16(24)23-14-6-2-12(10-21)3-7-14/h2-9,11H,1H3,(H2,22,23,24). The van der Waals surface area contributed by atoms with Gasteiger partial charge in [0.25, 0.3) is 0 Å². The molecule has 8 heteroatoms. The van der Waals surface area contributed by atoms with Crippen LogP contribution in [-0.2, 0) is 0 Å². The Balaban J connectivity index is 1.93. The summed E-state index contributed by atoms with van der Waals surface area (Å²) in [5, 5.41) is 14.0. The average Bonchev–Trinajstić information content (AvgIpc) is 2.54. The molecule has 0 aromatic heterocycles. The Hall–Kier alpha value is -3.21. The SMILES string of the molecule is CC(NC(=O)Nc1ccc(C#N)cc1)c1ccc(OC(F)(F)F)cc1. The van der Waals surface area contributed by atoms with E-state index in [4.69, 9.17) is 5.26 Å². The second kappa shape index (κ2) is 7.57. The Kier molecular flexibility index (Phi) is 5.49. The lowest BCUT2D eigenvalue weighted by atomic mass is 10.1. The summed E-state index contributed by atoms with van der Waals surface area (Å²) in [5.74, 6) is -0.328. The van der Waals surface area contributed by atoms with Crippen LogP contribution in [0.1, 0.15) is 24.1 Å². The fraction of sp³-hybridized carbons (Fsp3) is 0.176. The zero-order valence-electron chi connectivity index (χ0n) is 13.1. The normalized spacial score (nSPS) is 12.0. The first-order chi connectivity index (χ1) is 11.8. The van der Waals surface area contributed by atoms with Gasteiger partial charge >= 0.3 is 12.4 Å². The van der Waals surface area contributed by atoms with E-state index < -0.39 is 18.4 Å². The number of anilines is 1. The third-order valence-electron chi connectivity index (χ3n) is 3.23. The van der Waals surface area contributed by atoms with Crippen molar-refractivity contribution in [2.45, 2.75) is 19.3 Å². The molecule has 1 unspecified atom stereocenters. The molecular weight excluding hydrogens is 335 g/mol. The minimum atomic E-state index is -4.74. The molecule has 2 N–H and O–H groups in total. The maximum atomic E-state index is 12.1. The van der Waals surface area contributed by atoms with Gasteiger partial charge < -0.3 is 15.4 Å². The van der Waals surface area contributed by atoms with E-state index in [9.17, 15) is 18.0 Å². The fourth-order valence-corrected chi connectivity index (χ4v) is 2.03. The summed E-state index contributed by atoms with van der Waals surface area (Å²) >= 11 is 0. The van der Waals surface area contributed by atoms with Crippen LogP contribution in [-0.4, -0.2) is 12.4 Å². The lowest BCUT2D eigenvalue weighted by molar-refractivity contribution is -0.274. The van der Waals surface area contributed by atoms with Crippen molar-refractivity contribution in [1.29, 1.82) is 5.26 Å². The Morgan fingerprint density at radius 3 is 2.24 bits per heavy atom. The number of urea groups is 1. The van der Waals surface area contributed by atoms with Crippen LogP contribution in [0.5, 0.6) is 5.75 Å². The Morgan fingerprint density at radius 2 is 1.72 bits per heavy atom. The number of alkyl halides is 3. The van der Waals surface area contributed by atoms with Crippen LogP contribution in [0, 0.1) is 11.3 Å². The predicted molar refractivity (Wildman–Crippen MR) is 84.9 cm³/mol. The van der Waals surface area contributed by atoms with Crippen LogP contribution < -0.4 is 15.4 Å². The number of ether oxygens (including phenoxy) is 1. The van der Waals surface area contributed by atoms with Gasteiger partial charge in [0.15, 0.2) is 0 Å². The summed E-state index contributed by atoms with van der Waals surface area (Å²) in [6.45, 7) is 1.69. The van der Waals surface area contributed by atoms with Crippen LogP contribution in [0.3, 0.4) is 0 Å². The number of carbonyl (C=O) groups excluding carboxylic acids is 1. The first-order valence-corrected chi connectivity index (χ1v) is 7.20. The Labute approximate surface area is 142 Å². The van der Waals surface area contributed by atoms with Gasteiger partial charge in [-0.05, 0) is 48.9 Å². The first kappa shape index (κ1) is 18.1. The number of halogens is 3. The van der Waals surface area contributed by atoms with E-state index in [1.807, 2.05) is 6.07 Å². The molecule has 0 spiro atoms. The van der Waals surface area contributed by atoms with E-state index in [-0.39, 0.29) is 5.75 Å². The molecule has 1 atom stereocenters. The number of nitrogens with one attached hydrogen (secondary N) is 2. The molecule has 5 nitrogen and oxygen atoms in total. The maximum absolute atomic E-state index is 12.1. The zero-order valence-corrected chi connectivity index (χ0v) is 13.1. The number of amides is 2. The van der Waals surface area contributed by atoms with E-state index >= 15 is 0 Å². The van der Waals surface area contributed by atoms with Crippen LogP contribution in [0.2, 0.25) is 0 Å². The minimum absolute atomic E-state index is 0.328. The molecule has 0 aliphatic carbocycles. The molecule has 0 saturated heterocycles. The lowest BCUT2D eigenvalue weighted by Gasteiger charge is -2.16. The number of carbonyl (C=O) groups is 1. The third kappa shape index (κ3) is 5.73. The molecule has 0 radical (unpaired) electrons. The molecule has 25 heavy (non-hydrogen) atoms. The summed E-state index contributed by atoms with van der Waals surface area (Å²) in [6.07, 6.45) is -4.74. The summed E-state index contributed by atoms with van der Waals surface area (Å²) in [6, 6.07) is 12.6. The lowest BCUT2D eigenvalue weighted by Crippen LogP contribution is -2.31. The topological polar surface area (TPSA) is 74.2 Å². The third-order valence-corrected chi connectivity index (χ3v) is 3.23. The van der Waals surface area contributed by atoms with E-state index in [2.05, 4.69) is 15.4 Å². The molecule has 0 saturated carbocycles. The number of nitrogens with zero attached hydrogens (tertiary/aromatic N) is 1. The number of hydrogen-bond donors (Lipinski definition) is 2. The highest BCUT2D eigenvalue weighted by Gasteiger charge is 2.31. The highest BCUT2D eigenvalue weighted by Crippen LogP contribution is 2.24. The molecular formula is C17H14F3N3O2. The van der Waals surface area contributed by atoms with Crippen molar-refractivity contribution in [2.75, 3.05) is 5.32 Å². The van der Waals surface area contributed by atoms with Crippen molar-refractivity contribution in [3.8, 4) is 11.8 Å². The van der Waals surface area contributed by atoms with Gasteiger partial charge in [-0.3, -0.25) is 0 Å². The monoisotopic (exact) mass is 349 g/mol. The molecule has 0 aliphatic rings. The fourth-order valence-electron chi connectivity index (χ4n) is 2.03. The van der Waals surface area contributed by atoms with E-state index in [0.29, 0.717) is 16.8 Å². The smallest absolute Gasteiger partial charge is 0.406 e. The number of nitriles is 1. The second-order valence-corrected chi connectivity index (χ2v) is 5.13. The van der Waals surface area contributed by atoms with Gasteiger partial charge in [-0.15, -0.1) is 13.2 Å². The van der Waals surface area contributed by atoms with Crippen LogP contribution in [0.15, 0.2) is 48.5 Å². The molecule has 130 valence electrons. The minimum Gasteiger partial charge on any atom is -0.406 e. The zero-order chi connectivity index (χ0) is 18.4. The Morgan fingerprint density at radius 1 is 1.12 bits per heavy atom. The van der Waals surface area contributed by atoms with Gasteiger partial charge in [-0.1, -0.05) is 12.1 Å². The van der Waals surface area contributed by atoms with E-state index in [1.165, 1.54) is 24.3 Å². The van der Waals surface area contributed by atoms with Crippen LogP contribution >= 0.6 is 0 Å². The number of hydrogen-bond acceptors (Lipinski definition) is 3. The van der Waals surface area contributed by atoms with Gasteiger partial charge in [-0.25, -0.2) is 4.79 Å². The number of rotatable bonds is 4. The molecule has 0 aliphatic heterocycles. The molecule has 2 amide bonds. The van der Waals surface area contributed by atoms with Crippen molar-refractivity contribution in [3.05, 3.63) is 59.7 Å². The predicted octanol–water partition coefficient (Wildman–Crippen LogP) is 4.34. The van der Waals surface area contributed by atoms with Crippen molar-refractivity contribution in [1.82, 2.24) is 5.32 Å². The molecule has 2 aromatic rings. The van der Waals surface area contributed by atoms with Crippen molar-refractivity contribution in [2.24, 2.45) is 0 Å². The Bertz CT molecular complexity index is 766. The van der Waals surface area contributed by atoms with Crippen molar-refractivity contribution in [3.63, 3.8) is 0 Å². The summed E-state index contributed by atoms with van der Waals surface area (Å²) < 4.78 is 40.2. The van der Waals surface area contributed by atoms with Gasteiger partial charge in [0.05, 0.1) is 17.7 Å². The quantitative estimate of drug-likeness (QED) is 0.862. The molecule has 0 heterocycles. The molecule has 0 fully saturated rings. The van der Waals surface area contributed by atoms with Crippen LogP contribution in [0.25, 0.3) is 0 Å². The highest BCUT2D eigenvalue weighted by atomic mass is 19.4. The maximum Gasteiger partial charge on any atom is 0.573 e. The van der Waals surface area contributed by atoms with Gasteiger partial charge in [0, 0.05) is 5.69 Å². The van der Waals surface area contributed by atoms with E-state index in [1.54, 1.807) is 31.2 Å². The van der Waals surface area contributed by atoms with Crippen molar-refractivity contribution < 1.29 is 22.7 Å². The summed E-state index contributed by atoms with van der Waals surface area (Å²) in [5.41, 5.74) is 1.60. The van der Waals surface area contributed by atoms with Gasteiger partial charge in [0.2, 0.25) is 0 Å². The summed E-state index contributed by atoms with van der Waals surface area (Å²) in [4.78, 5) is 11.9. The molecule has 2 aromatic carbocycles. The van der Waals surface area contributed by atoms with Crippen LogP contribution in [0.4, 0.5) is 23.7 Å². The summed E-state index contributed by atoms with van der Waals surface area (Å²) in [7, 11) is 0. The molecule has 0 bridgehead atoms. The first-order valence-electron chi connectivity index (χ1n) is 7.20. The number of benzene rings is 2. The largest absolute Gasteiger partial charge is 0.573 e. The second-order valence-electron chi connectivity index (χ2n) is 5.13.